The minimum atomic E-state index is -4.11. The Morgan fingerprint density at radius 2 is 1.73 bits per heavy atom. The summed E-state index contributed by atoms with van der Waals surface area (Å²) in [7, 11) is -4.11. The van der Waals surface area contributed by atoms with Crippen LogP contribution < -0.4 is 0 Å². The molecule has 2 aromatic carbocycles. The summed E-state index contributed by atoms with van der Waals surface area (Å²) in [5.74, 6) is -0.210. The Balaban J connectivity index is 1.97. The van der Waals surface area contributed by atoms with Crippen LogP contribution in [0.2, 0.25) is 0 Å². The van der Waals surface area contributed by atoms with Crippen molar-refractivity contribution in [2.75, 3.05) is 5.88 Å². The molecule has 0 spiro atoms. The van der Waals surface area contributed by atoms with E-state index in [0.29, 0.717) is 30.0 Å². The second-order valence-electron chi connectivity index (χ2n) is 7.11. The van der Waals surface area contributed by atoms with Gasteiger partial charge in [0.25, 0.3) is 15.9 Å². The second-order valence-corrected chi connectivity index (χ2v) is 10.5. The van der Waals surface area contributed by atoms with Crippen LogP contribution in [0.25, 0.3) is 0 Å². The van der Waals surface area contributed by atoms with E-state index in [2.05, 4.69) is 0 Å². The summed E-state index contributed by atoms with van der Waals surface area (Å²) >= 11 is 7.05. The number of aryl methyl sites for hydroxylation is 1. The van der Waals surface area contributed by atoms with Gasteiger partial charge in [-0.2, -0.15) is 0 Å². The van der Waals surface area contributed by atoms with Gasteiger partial charge in [0.15, 0.2) is 0 Å². The fraction of sp³-hybridized carbons (Fsp3) is 0.318. The Morgan fingerprint density at radius 3 is 2.37 bits per heavy atom. The molecule has 0 saturated heterocycles. The van der Waals surface area contributed by atoms with Gasteiger partial charge in [0.2, 0.25) is 0 Å². The van der Waals surface area contributed by atoms with Crippen LogP contribution in [-0.2, 0) is 14.8 Å². The molecule has 2 aromatic rings. The minimum absolute atomic E-state index is 0.0311. The summed E-state index contributed by atoms with van der Waals surface area (Å²) in [4.78, 5) is 14.3. The van der Waals surface area contributed by atoms with E-state index in [1.165, 1.54) is 30.0 Å². The van der Waals surface area contributed by atoms with Gasteiger partial charge < -0.3 is 5.11 Å². The van der Waals surface area contributed by atoms with Crippen LogP contribution in [0.4, 0.5) is 0 Å². The van der Waals surface area contributed by atoms with Gasteiger partial charge in [-0.05, 0) is 44.0 Å². The highest BCUT2D eigenvalue weighted by Gasteiger charge is 2.43. The molecule has 2 unspecified atom stereocenters. The lowest BCUT2D eigenvalue weighted by atomic mass is 10.0. The lowest BCUT2D eigenvalue weighted by molar-refractivity contribution is -0.125. The fourth-order valence-electron chi connectivity index (χ4n) is 3.31. The third-order valence-electron chi connectivity index (χ3n) is 4.88. The molecule has 0 fully saturated rings. The zero-order valence-corrected chi connectivity index (χ0v) is 19.0. The molecule has 1 aliphatic rings. The van der Waals surface area contributed by atoms with E-state index in [-0.39, 0.29) is 4.90 Å². The number of nitrogens with zero attached hydrogens (tertiary/aromatic N) is 1. The lowest BCUT2D eigenvalue weighted by Crippen LogP contribution is -2.52. The van der Waals surface area contributed by atoms with Gasteiger partial charge in [-0.15, -0.1) is 11.6 Å². The number of thioether (sulfide) groups is 1. The van der Waals surface area contributed by atoms with E-state index in [4.69, 9.17) is 11.6 Å². The number of alkyl halides is 1. The molecule has 1 N–H and O–H groups in total. The van der Waals surface area contributed by atoms with Crippen LogP contribution in [0.15, 0.2) is 75.4 Å². The number of aliphatic hydroxyl groups is 1. The molecule has 0 saturated carbocycles. The van der Waals surface area contributed by atoms with Crippen molar-refractivity contribution >= 4 is 39.3 Å². The maximum Gasteiger partial charge on any atom is 0.267 e. The first-order valence-electron chi connectivity index (χ1n) is 9.68. The highest BCUT2D eigenvalue weighted by molar-refractivity contribution is 8.03. The van der Waals surface area contributed by atoms with Gasteiger partial charge >= 0.3 is 0 Å². The van der Waals surface area contributed by atoms with Crippen LogP contribution in [0.1, 0.15) is 24.8 Å². The molecule has 0 radical (unpaired) electrons. The first-order valence-corrected chi connectivity index (χ1v) is 12.5. The number of carbonyl (C=O) groups excluding carboxylic acids is 1. The molecule has 2 atom stereocenters. The van der Waals surface area contributed by atoms with Gasteiger partial charge in [-0.25, -0.2) is 12.7 Å². The first-order chi connectivity index (χ1) is 14.3. The van der Waals surface area contributed by atoms with Crippen LogP contribution in [0.3, 0.4) is 0 Å². The number of halogens is 1. The van der Waals surface area contributed by atoms with Gasteiger partial charge in [0, 0.05) is 21.8 Å². The molecule has 8 heteroatoms. The number of unbranched alkanes of at least 4 members (excludes halogenated alkanes) is 1. The lowest BCUT2D eigenvalue weighted by Gasteiger charge is -2.37. The number of carbonyl (C=O) groups is 1. The summed E-state index contributed by atoms with van der Waals surface area (Å²) in [6.07, 6.45) is 1.72. The highest BCUT2D eigenvalue weighted by atomic mass is 35.5. The molecule has 160 valence electrons. The van der Waals surface area contributed by atoms with Crippen LogP contribution in [0.5, 0.6) is 0 Å². The number of aliphatic hydroxyl groups excluding tert-OH is 1. The largest absolute Gasteiger partial charge is 0.386 e. The van der Waals surface area contributed by atoms with Crippen molar-refractivity contribution in [2.45, 2.75) is 48.1 Å². The van der Waals surface area contributed by atoms with E-state index < -0.39 is 28.1 Å². The topological polar surface area (TPSA) is 74.7 Å². The number of hydrogen-bond acceptors (Lipinski definition) is 5. The van der Waals surface area contributed by atoms with Crippen molar-refractivity contribution in [1.82, 2.24) is 4.31 Å². The van der Waals surface area contributed by atoms with Gasteiger partial charge in [0.1, 0.15) is 6.10 Å². The smallest absolute Gasteiger partial charge is 0.267 e. The summed E-state index contributed by atoms with van der Waals surface area (Å²) in [6.45, 7) is 1.86. The average Bonchev–Trinajstić information content (AvgIpc) is 2.72. The summed E-state index contributed by atoms with van der Waals surface area (Å²) in [5.41, 5.74) is 0.916. The van der Waals surface area contributed by atoms with E-state index in [0.717, 1.165) is 14.8 Å². The second kappa shape index (κ2) is 10.0. The van der Waals surface area contributed by atoms with Gasteiger partial charge in [-0.3, -0.25) is 4.79 Å². The summed E-state index contributed by atoms with van der Waals surface area (Å²) < 4.78 is 27.4. The minimum Gasteiger partial charge on any atom is -0.386 e. The SMILES string of the molecule is Cc1ccc(S(=O)(=O)N2C(=O)C=C(Sc3ccccc3)C(O)C2CCCCCl)cc1. The van der Waals surface area contributed by atoms with E-state index in [1.807, 2.05) is 37.3 Å². The molecule has 0 aromatic heterocycles. The molecule has 30 heavy (non-hydrogen) atoms. The Bertz CT molecular complexity index is 1010. The maximum absolute atomic E-state index is 13.3. The van der Waals surface area contributed by atoms with Crippen molar-refractivity contribution in [3.05, 3.63) is 71.1 Å². The monoisotopic (exact) mass is 465 g/mol. The number of hydrogen-bond donors (Lipinski definition) is 1. The molecular formula is C22H24ClNO4S2. The number of rotatable bonds is 8. The third kappa shape index (κ3) is 5.09. The Kier molecular flexibility index (Phi) is 7.63. The summed E-state index contributed by atoms with van der Waals surface area (Å²) in [5, 5.41) is 11.1. The highest BCUT2D eigenvalue weighted by Crippen LogP contribution is 2.37. The first kappa shape index (κ1) is 22.9. The van der Waals surface area contributed by atoms with Gasteiger partial charge in [0.05, 0.1) is 10.9 Å². The predicted molar refractivity (Wildman–Crippen MR) is 120 cm³/mol. The standard InChI is InChI=1S/C22H24ClNO4S2/c1-16-10-12-18(13-11-16)30(27,28)24-19(9-5-6-14-23)22(26)20(15-21(24)25)29-17-7-3-2-4-8-17/h2-4,7-8,10-13,15,19,22,26H,5-6,9,14H2,1H3. The van der Waals surface area contributed by atoms with E-state index in [9.17, 15) is 18.3 Å². The summed E-state index contributed by atoms with van der Waals surface area (Å²) in [6, 6.07) is 14.8. The van der Waals surface area contributed by atoms with Crippen molar-refractivity contribution in [3.8, 4) is 0 Å². The Hall–Kier alpha value is -1.80. The van der Waals surface area contributed by atoms with Crippen molar-refractivity contribution in [2.24, 2.45) is 0 Å². The molecule has 1 aliphatic heterocycles. The van der Waals surface area contributed by atoms with Crippen LogP contribution in [0, 0.1) is 6.92 Å². The molecule has 0 aliphatic carbocycles. The molecule has 1 amide bonds. The van der Waals surface area contributed by atoms with E-state index >= 15 is 0 Å². The fourth-order valence-corrected chi connectivity index (χ4v) is 6.08. The maximum atomic E-state index is 13.3. The molecule has 1 heterocycles. The predicted octanol–water partition coefficient (Wildman–Crippen LogP) is 4.34. The zero-order chi connectivity index (χ0) is 21.7. The zero-order valence-electron chi connectivity index (χ0n) is 16.6. The van der Waals surface area contributed by atoms with Crippen molar-refractivity contribution in [1.29, 1.82) is 0 Å². The Morgan fingerprint density at radius 1 is 1.07 bits per heavy atom. The van der Waals surface area contributed by atoms with Crippen LogP contribution >= 0.6 is 23.4 Å². The van der Waals surface area contributed by atoms with Crippen LogP contribution in [-0.4, -0.2) is 41.8 Å². The Labute approximate surface area is 186 Å². The average molecular weight is 466 g/mol. The number of sulfonamides is 1. The molecule has 5 nitrogen and oxygen atoms in total. The third-order valence-corrected chi connectivity index (χ3v) is 8.09. The number of amides is 1. The molecule has 3 rings (SSSR count). The van der Waals surface area contributed by atoms with Crippen molar-refractivity contribution in [3.63, 3.8) is 0 Å². The molecular weight excluding hydrogens is 442 g/mol. The molecule has 0 bridgehead atoms. The number of benzene rings is 2. The van der Waals surface area contributed by atoms with Gasteiger partial charge in [-0.1, -0.05) is 54.1 Å². The van der Waals surface area contributed by atoms with Crippen molar-refractivity contribution < 1.29 is 18.3 Å². The normalized spacial score (nSPS) is 19.6. The quantitative estimate of drug-likeness (QED) is 0.463. The van der Waals surface area contributed by atoms with E-state index in [1.54, 1.807) is 12.1 Å².